The Morgan fingerprint density at radius 3 is 2.64 bits per heavy atom. The lowest BCUT2D eigenvalue weighted by atomic mass is 10.3. The summed E-state index contributed by atoms with van der Waals surface area (Å²) >= 11 is 2.60. The minimum absolute atomic E-state index is 0.378. The molecule has 0 aliphatic rings. The van der Waals surface area contributed by atoms with Gasteiger partial charge in [-0.1, -0.05) is 41.3 Å². The van der Waals surface area contributed by atoms with E-state index in [0.717, 1.165) is 5.69 Å². The second-order valence-corrected chi connectivity index (χ2v) is 6.76. The second kappa shape index (κ2) is 7.76. The van der Waals surface area contributed by atoms with Gasteiger partial charge in [0, 0.05) is 12.7 Å². The molecular formula is C13H15N5O2S2. The number of thioether (sulfide) groups is 1. The molecule has 0 radical (unpaired) electrons. The Morgan fingerprint density at radius 1 is 1.23 bits per heavy atom. The molecule has 0 saturated carbocycles. The number of nitrogens with one attached hydrogen (secondary N) is 3. The van der Waals surface area contributed by atoms with Crippen molar-refractivity contribution in [2.45, 2.75) is 16.5 Å². The number of aromatic nitrogens is 2. The number of rotatable bonds is 5. The molecular weight excluding hydrogens is 322 g/mol. The maximum atomic E-state index is 11.8. The molecule has 116 valence electrons. The Labute approximate surface area is 135 Å². The van der Waals surface area contributed by atoms with Crippen LogP contribution in [0.3, 0.4) is 0 Å². The van der Waals surface area contributed by atoms with Crippen LogP contribution in [-0.4, -0.2) is 34.4 Å². The molecule has 22 heavy (non-hydrogen) atoms. The summed E-state index contributed by atoms with van der Waals surface area (Å²) in [5.74, 6) is -0.378. The molecule has 9 heteroatoms. The highest BCUT2D eigenvalue weighted by atomic mass is 32.2. The van der Waals surface area contributed by atoms with Gasteiger partial charge in [-0.15, -0.1) is 10.2 Å². The summed E-state index contributed by atoms with van der Waals surface area (Å²) in [6.45, 7) is 1.70. The number of hydrogen-bond acceptors (Lipinski definition) is 7. The number of urea groups is 1. The van der Waals surface area contributed by atoms with Crippen LogP contribution in [0.15, 0.2) is 34.7 Å². The SMILES string of the molecule is CNC(=O)NC(=O)[C@H](C)Sc1nnc(Nc2ccccc2)s1. The number of hydrogen-bond donors (Lipinski definition) is 3. The minimum Gasteiger partial charge on any atom is -0.341 e. The van der Waals surface area contributed by atoms with Crippen molar-refractivity contribution in [3.63, 3.8) is 0 Å². The van der Waals surface area contributed by atoms with Gasteiger partial charge >= 0.3 is 6.03 Å². The zero-order valence-corrected chi connectivity index (χ0v) is 13.6. The fourth-order valence-electron chi connectivity index (χ4n) is 1.43. The summed E-state index contributed by atoms with van der Waals surface area (Å²) in [6.07, 6.45) is 0. The monoisotopic (exact) mass is 337 g/mol. The van der Waals surface area contributed by atoms with Crippen LogP contribution in [-0.2, 0) is 4.79 Å². The van der Waals surface area contributed by atoms with E-state index in [1.54, 1.807) is 6.92 Å². The molecule has 1 heterocycles. The predicted octanol–water partition coefficient (Wildman–Crippen LogP) is 2.22. The quantitative estimate of drug-likeness (QED) is 0.724. The molecule has 0 saturated heterocycles. The van der Waals surface area contributed by atoms with Gasteiger partial charge < -0.3 is 10.6 Å². The van der Waals surface area contributed by atoms with Gasteiger partial charge in [0.15, 0.2) is 4.34 Å². The van der Waals surface area contributed by atoms with Crippen molar-refractivity contribution < 1.29 is 9.59 Å². The normalized spacial score (nSPS) is 11.5. The van der Waals surface area contributed by atoms with Crippen molar-refractivity contribution in [2.24, 2.45) is 0 Å². The van der Waals surface area contributed by atoms with Crippen LogP contribution in [0.5, 0.6) is 0 Å². The molecule has 7 nitrogen and oxygen atoms in total. The fourth-order valence-corrected chi connectivity index (χ4v) is 3.35. The summed E-state index contributed by atoms with van der Waals surface area (Å²) in [4.78, 5) is 22.9. The third-order valence-corrected chi connectivity index (χ3v) is 4.57. The van der Waals surface area contributed by atoms with Gasteiger partial charge in [-0.25, -0.2) is 4.79 Å². The lowest BCUT2D eigenvalue weighted by Gasteiger charge is -2.08. The summed E-state index contributed by atoms with van der Waals surface area (Å²) < 4.78 is 0.651. The van der Waals surface area contributed by atoms with Crippen molar-refractivity contribution in [2.75, 3.05) is 12.4 Å². The van der Waals surface area contributed by atoms with Crippen LogP contribution in [0.2, 0.25) is 0 Å². The summed E-state index contributed by atoms with van der Waals surface area (Å²) in [5.41, 5.74) is 0.917. The van der Waals surface area contributed by atoms with Crippen molar-refractivity contribution in [3.8, 4) is 0 Å². The molecule has 1 aromatic carbocycles. The molecule has 2 aromatic rings. The minimum atomic E-state index is -0.527. The highest BCUT2D eigenvalue weighted by Crippen LogP contribution is 2.30. The summed E-state index contributed by atoms with van der Waals surface area (Å²) in [6, 6.07) is 9.09. The number of anilines is 2. The Bertz CT molecular complexity index is 647. The molecule has 0 bridgehead atoms. The van der Waals surface area contributed by atoms with E-state index in [9.17, 15) is 9.59 Å². The smallest absolute Gasteiger partial charge is 0.321 e. The molecule has 0 spiro atoms. The van der Waals surface area contributed by atoms with E-state index in [1.807, 2.05) is 30.3 Å². The first-order valence-electron chi connectivity index (χ1n) is 6.43. The zero-order chi connectivity index (χ0) is 15.9. The van der Waals surface area contributed by atoms with Gasteiger partial charge in [0.25, 0.3) is 0 Å². The molecule has 3 N–H and O–H groups in total. The van der Waals surface area contributed by atoms with E-state index < -0.39 is 11.3 Å². The van der Waals surface area contributed by atoms with Crippen LogP contribution < -0.4 is 16.0 Å². The van der Waals surface area contributed by atoms with Gasteiger partial charge in [-0.3, -0.25) is 10.1 Å². The predicted molar refractivity (Wildman–Crippen MR) is 87.6 cm³/mol. The molecule has 0 fully saturated rings. The third kappa shape index (κ3) is 4.71. The Hall–Kier alpha value is -2.13. The number of amides is 3. The maximum absolute atomic E-state index is 11.8. The lowest BCUT2D eigenvalue weighted by molar-refractivity contribution is -0.119. The van der Waals surface area contributed by atoms with E-state index in [2.05, 4.69) is 26.1 Å². The molecule has 1 aromatic heterocycles. The van der Waals surface area contributed by atoms with Crippen LogP contribution in [0.1, 0.15) is 6.92 Å². The third-order valence-electron chi connectivity index (χ3n) is 2.54. The first kappa shape index (κ1) is 16.2. The molecule has 0 aliphatic heterocycles. The second-order valence-electron chi connectivity index (χ2n) is 4.19. The van der Waals surface area contributed by atoms with Crippen LogP contribution in [0.25, 0.3) is 0 Å². The first-order valence-corrected chi connectivity index (χ1v) is 8.13. The zero-order valence-electron chi connectivity index (χ0n) is 12.0. The molecule has 2 rings (SSSR count). The Balaban J connectivity index is 1.91. The fraction of sp³-hybridized carbons (Fsp3) is 0.231. The van der Waals surface area contributed by atoms with Crippen molar-refractivity contribution in [1.29, 1.82) is 0 Å². The Kier molecular flexibility index (Phi) is 5.73. The van der Waals surface area contributed by atoms with Gasteiger partial charge in [0.05, 0.1) is 5.25 Å². The Morgan fingerprint density at radius 2 is 1.95 bits per heavy atom. The summed E-state index contributed by atoms with van der Waals surface area (Å²) in [5, 5.41) is 15.9. The largest absolute Gasteiger partial charge is 0.341 e. The van der Waals surface area contributed by atoms with Crippen LogP contribution in [0.4, 0.5) is 15.6 Å². The van der Waals surface area contributed by atoms with Crippen LogP contribution >= 0.6 is 23.1 Å². The van der Waals surface area contributed by atoms with Crippen molar-refractivity contribution >= 4 is 45.9 Å². The number of carbonyl (C=O) groups excluding carboxylic acids is 2. The van der Waals surface area contributed by atoms with E-state index >= 15 is 0 Å². The molecule has 0 unspecified atom stereocenters. The maximum Gasteiger partial charge on any atom is 0.321 e. The number of nitrogens with zero attached hydrogens (tertiary/aromatic N) is 2. The van der Waals surface area contributed by atoms with Crippen molar-refractivity contribution in [1.82, 2.24) is 20.8 Å². The lowest BCUT2D eigenvalue weighted by Crippen LogP contribution is -2.41. The van der Waals surface area contributed by atoms with Gasteiger partial charge in [0.1, 0.15) is 0 Å². The molecule has 3 amide bonds. The molecule has 0 aliphatic carbocycles. The van der Waals surface area contributed by atoms with Gasteiger partial charge in [-0.05, 0) is 19.1 Å². The number of imide groups is 1. The number of benzene rings is 1. The molecule has 1 atom stereocenters. The average Bonchev–Trinajstić information content (AvgIpc) is 2.95. The van der Waals surface area contributed by atoms with Gasteiger partial charge in [-0.2, -0.15) is 0 Å². The average molecular weight is 337 g/mol. The van der Waals surface area contributed by atoms with Gasteiger partial charge in [0.2, 0.25) is 11.0 Å². The topological polar surface area (TPSA) is 96.0 Å². The van der Waals surface area contributed by atoms with E-state index in [4.69, 9.17) is 0 Å². The highest BCUT2D eigenvalue weighted by molar-refractivity contribution is 8.02. The first-order chi connectivity index (χ1) is 10.6. The summed E-state index contributed by atoms with van der Waals surface area (Å²) in [7, 11) is 1.45. The number of para-hydroxylation sites is 1. The standard InChI is InChI=1S/C13H15N5O2S2/c1-8(10(19)16-11(20)14-2)21-13-18-17-12(22-13)15-9-6-4-3-5-7-9/h3-8H,1-2H3,(H,15,17)(H2,14,16,19,20)/t8-/m0/s1. The van der Waals surface area contributed by atoms with Crippen molar-refractivity contribution in [3.05, 3.63) is 30.3 Å². The highest BCUT2D eigenvalue weighted by Gasteiger charge is 2.18. The van der Waals surface area contributed by atoms with E-state index in [1.165, 1.54) is 30.1 Å². The van der Waals surface area contributed by atoms with E-state index in [0.29, 0.717) is 9.47 Å². The van der Waals surface area contributed by atoms with Crippen LogP contribution in [0, 0.1) is 0 Å². The van der Waals surface area contributed by atoms with E-state index in [-0.39, 0.29) is 5.91 Å². The number of carbonyl (C=O) groups is 2.